The number of amides is 1. The summed E-state index contributed by atoms with van der Waals surface area (Å²) < 4.78 is 5.75. The number of nitrogens with zero attached hydrogens (tertiary/aromatic N) is 3. The highest BCUT2D eigenvalue weighted by molar-refractivity contribution is 6.33. The van der Waals surface area contributed by atoms with Crippen molar-refractivity contribution in [2.45, 2.75) is 25.9 Å². The lowest BCUT2D eigenvalue weighted by molar-refractivity contribution is 0.0724. The Morgan fingerprint density at radius 3 is 2.86 bits per heavy atom. The van der Waals surface area contributed by atoms with Crippen molar-refractivity contribution in [2.75, 3.05) is 13.1 Å². The maximum atomic E-state index is 12.8. The lowest BCUT2D eigenvalue weighted by Gasteiger charge is -2.27. The molecule has 144 valence electrons. The number of pyridine rings is 1. The second-order valence-electron chi connectivity index (χ2n) is 6.69. The minimum atomic E-state index is -0.247. The topological polar surface area (TPSA) is 88.2 Å². The number of carbonyl (C=O) groups is 1. The monoisotopic (exact) mass is 398 g/mol. The van der Waals surface area contributed by atoms with E-state index in [-0.39, 0.29) is 18.1 Å². The number of hydrogen-bond acceptors (Lipinski definition) is 5. The van der Waals surface area contributed by atoms with E-state index in [4.69, 9.17) is 16.3 Å². The normalized spacial score (nSPS) is 14.2. The minimum absolute atomic E-state index is 0.0546. The second-order valence-corrected chi connectivity index (χ2v) is 7.10. The van der Waals surface area contributed by atoms with Gasteiger partial charge < -0.3 is 14.6 Å². The SMILES string of the molecule is O=C(c1cc(OCc2nc3cnccc3c(=O)[nH]2)ccc1Cl)N1CCCCC1. The van der Waals surface area contributed by atoms with E-state index in [9.17, 15) is 9.59 Å². The Morgan fingerprint density at radius 2 is 2.04 bits per heavy atom. The molecule has 0 unspecified atom stereocenters. The minimum Gasteiger partial charge on any atom is -0.486 e. The number of halogens is 1. The molecule has 3 aromatic rings. The molecule has 8 heteroatoms. The summed E-state index contributed by atoms with van der Waals surface area (Å²) in [5.41, 5.74) is 0.676. The predicted molar refractivity (Wildman–Crippen MR) is 106 cm³/mol. The molecule has 0 saturated carbocycles. The molecule has 0 aliphatic carbocycles. The number of aromatic nitrogens is 3. The highest BCUT2D eigenvalue weighted by atomic mass is 35.5. The van der Waals surface area contributed by atoms with Crippen LogP contribution in [0.4, 0.5) is 0 Å². The van der Waals surface area contributed by atoms with Crippen LogP contribution in [0, 0.1) is 0 Å². The molecule has 1 aromatic carbocycles. The average Bonchev–Trinajstić information content (AvgIpc) is 2.73. The third-order valence-electron chi connectivity index (χ3n) is 4.74. The number of nitrogens with one attached hydrogen (secondary N) is 1. The molecule has 0 radical (unpaired) electrons. The number of benzene rings is 1. The second kappa shape index (κ2) is 7.98. The summed E-state index contributed by atoms with van der Waals surface area (Å²) >= 11 is 6.24. The zero-order valence-corrected chi connectivity index (χ0v) is 15.9. The molecule has 1 N–H and O–H groups in total. The summed E-state index contributed by atoms with van der Waals surface area (Å²) in [5.74, 6) is 0.779. The van der Waals surface area contributed by atoms with Gasteiger partial charge in [-0.1, -0.05) is 11.6 Å². The zero-order chi connectivity index (χ0) is 19.5. The summed E-state index contributed by atoms with van der Waals surface area (Å²) in [6.07, 6.45) is 6.24. The van der Waals surface area contributed by atoms with Gasteiger partial charge in [0.25, 0.3) is 11.5 Å². The maximum Gasteiger partial charge on any atom is 0.258 e. The zero-order valence-electron chi connectivity index (χ0n) is 15.2. The first-order valence-corrected chi connectivity index (χ1v) is 9.54. The van der Waals surface area contributed by atoms with E-state index in [1.807, 2.05) is 4.90 Å². The largest absolute Gasteiger partial charge is 0.486 e. The Bertz CT molecular complexity index is 1080. The van der Waals surface area contributed by atoms with E-state index in [1.54, 1.807) is 30.5 Å². The van der Waals surface area contributed by atoms with Crippen LogP contribution in [-0.2, 0) is 6.61 Å². The molecule has 3 heterocycles. The van der Waals surface area contributed by atoms with E-state index < -0.39 is 0 Å². The van der Waals surface area contributed by atoms with Gasteiger partial charge in [-0.25, -0.2) is 4.98 Å². The van der Waals surface area contributed by atoms with Gasteiger partial charge in [-0.15, -0.1) is 0 Å². The van der Waals surface area contributed by atoms with Crippen molar-refractivity contribution in [1.29, 1.82) is 0 Å². The fourth-order valence-corrected chi connectivity index (χ4v) is 3.48. The van der Waals surface area contributed by atoms with E-state index in [2.05, 4.69) is 15.0 Å². The van der Waals surface area contributed by atoms with E-state index >= 15 is 0 Å². The third-order valence-corrected chi connectivity index (χ3v) is 5.07. The van der Waals surface area contributed by atoms with Gasteiger partial charge in [-0.2, -0.15) is 0 Å². The van der Waals surface area contributed by atoms with Crippen molar-refractivity contribution >= 4 is 28.4 Å². The Kier molecular flexibility index (Phi) is 5.25. The molecule has 2 aromatic heterocycles. The van der Waals surface area contributed by atoms with E-state index in [1.165, 1.54) is 6.20 Å². The Labute approximate surface area is 166 Å². The number of aromatic amines is 1. The van der Waals surface area contributed by atoms with Crippen LogP contribution in [0.5, 0.6) is 5.75 Å². The number of likely N-dealkylation sites (tertiary alicyclic amines) is 1. The van der Waals surface area contributed by atoms with E-state index in [0.717, 1.165) is 32.4 Å². The van der Waals surface area contributed by atoms with Crippen molar-refractivity contribution in [3.63, 3.8) is 0 Å². The summed E-state index contributed by atoms with van der Waals surface area (Å²) in [7, 11) is 0. The molecule has 0 spiro atoms. The first-order valence-electron chi connectivity index (χ1n) is 9.16. The number of hydrogen-bond donors (Lipinski definition) is 1. The fourth-order valence-electron chi connectivity index (χ4n) is 3.28. The van der Waals surface area contributed by atoms with Crippen LogP contribution >= 0.6 is 11.6 Å². The summed E-state index contributed by atoms with van der Waals surface area (Å²) in [5, 5.41) is 0.867. The van der Waals surface area contributed by atoms with Gasteiger partial charge in [0.1, 0.15) is 18.2 Å². The van der Waals surface area contributed by atoms with Gasteiger partial charge in [-0.3, -0.25) is 14.6 Å². The van der Waals surface area contributed by atoms with Crippen molar-refractivity contribution in [2.24, 2.45) is 0 Å². The molecule has 7 nitrogen and oxygen atoms in total. The smallest absolute Gasteiger partial charge is 0.258 e. The molecule has 0 bridgehead atoms. The van der Waals surface area contributed by atoms with Gasteiger partial charge in [0, 0.05) is 19.3 Å². The highest BCUT2D eigenvalue weighted by Gasteiger charge is 2.21. The summed E-state index contributed by atoms with van der Waals surface area (Å²) in [6, 6.07) is 6.59. The molecule has 1 amide bonds. The molecular formula is C20H19ClN4O3. The van der Waals surface area contributed by atoms with Crippen LogP contribution in [0.25, 0.3) is 10.9 Å². The number of carbonyl (C=O) groups excluding carboxylic acids is 1. The van der Waals surface area contributed by atoms with E-state index in [0.29, 0.717) is 33.1 Å². The van der Waals surface area contributed by atoms with Gasteiger partial charge in [0.2, 0.25) is 0 Å². The first-order chi connectivity index (χ1) is 13.6. The average molecular weight is 399 g/mol. The molecule has 0 atom stereocenters. The number of rotatable bonds is 4. The number of fused-ring (bicyclic) bond motifs is 1. The van der Waals surface area contributed by atoms with Gasteiger partial charge >= 0.3 is 0 Å². The Hall–Kier alpha value is -2.93. The molecular weight excluding hydrogens is 380 g/mol. The lowest BCUT2D eigenvalue weighted by atomic mass is 10.1. The van der Waals surface area contributed by atoms with Crippen molar-refractivity contribution in [1.82, 2.24) is 19.9 Å². The fraction of sp³-hybridized carbons (Fsp3) is 0.300. The number of ether oxygens (including phenoxy) is 1. The highest BCUT2D eigenvalue weighted by Crippen LogP contribution is 2.25. The standard InChI is InChI=1S/C20H19ClN4O3/c21-16-5-4-13(10-15(16)20(27)25-8-2-1-3-9-25)28-12-18-23-17-11-22-7-6-14(17)19(26)24-18/h4-7,10-11H,1-3,8-9,12H2,(H,23,24,26). The van der Waals surface area contributed by atoms with Crippen LogP contribution in [0.15, 0.2) is 41.5 Å². The van der Waals surface area contributed by atoms with Crippen LogP contribution < -0.4 is 10.3 Å². The van der Waals surface area contributed by atoms with Gasteiger partial charge in [0.05, 0.1) is 27.7 Å². The molecule has 1 saturated heterocycles. The molecule has 1 aliphatic heterocycles. The van der Waals surface area contributed by atoms with Crippen LogP contribution in [0.3, 0.4) is 0 Å². The van der Waals surface area contributed by atoms with Crippen LogP contribution in [0.2, 0.25) is 5.02 Å². The van der Waals surface area contributed by atoms with Crippen molar-refractivity contribution in [3.8, 4) is 5.75 Å². The predicted octanol–water partition coefficient (Wildman–Crippen LogP) is 3.18. The Balaban J connectivity index is 1.52. The van der Waals surface area contributed by atoms with Gasteiger partial charge in [-0.05, 0) is 43.5 Å². The third kappa shape index (κ3) is 3.84. The molecule has 1 aliphatic rings. The Morgan fingerprint density at radius 1 is 1.21 bits per heavy atom. The summed E-state index contributed by atoms with van der Waals surface area (Å²) in [6.45, 7) is 1.55. The lowest BCUT2D eigenvalue weighted by Crippen LogP contribution is -2.35. The van der Waals surface area contributed by atoms with Crippen molar-refractivity contribution in [3.05, 3.63) is 63.4 Å². The van der Waals surface area contributed by atoms with Crippen molar-refractivity contribution < 1.29 is 9.53 Å². The van der Waals surface area contributed by atoms with Crippen LogP contribution in [0.1, 0.15) is 35.4 Å². The first kappa shape index (κ1) is 18.4. The summed E-state index contributed by atoms with van der Waals surface area (Å²) in [4.78, 5) is 37.7. The molecule has 1 fully saturated rings. The quantitative estimate of drug-likeness (QED) is 0.729. The maximum absolute atomic E-state index is 12.8. The molecule has 4 rings (SSSR count). The molecule has 28 heavy (non-hydrogen) atoms. The number of piperidine rings is 1. The van der Waals surface area contributed by atoms with Crippen LogP contribution in [-0.4, -0.2) is 38.8 Å². The number of H-pyrrole nitrogens is 1. The van der Waals surface area contributed by atoms with Gasteiger partial charge in [0.15, 0.2) is 0 Å².